The lowest BCUT2D eigenvalue weighted by Gasteiger charge is -2.18. The van der Waals surface area contributed by atoms with Gasteiger partial charge in [0.2, 0.25) is 0 Å². The van der Waals surface area contributed by atoms with Crippen LogP contribution in [0.2, 0.25) is 0 Å². The SMILES string of the molecule is CCN(CCOC)c1nc2ccc(N)cc2s1. The molecule has 0 aliphatic heterocycles. The van der Waals surface area contributed by atoms with Crippen LogP contribution in [0.4, 0.5) is 10.8 Å². The van der Waals surface area contributed by atoms with E-state index in [0.29, 0.717) is 6.61 Å². The van der Waals surface area contributed by atoms with Crippen LogP contribution in [0.1, 0.15) is 6.92 Å². The second-order valence-electron chi connectivity index (χ2n) is 3.80. The van der Waals surface area contributed by atoms with Crippen molar-refractivity contribution < 1.29 is 4.74 Å². The minimum atomic E-state index is 0.714. The van der Waals surface area contributed by atoms with Gasteiger partial charge in [0.05, 0.1) is 16.8 Å². The van der Waals surface area contributed by atoms with Gasteiger partial charge in [-0.15, -0.1) is 0 Å². The molecule has 0 fully saturated rings. The molecule has 1 aromatic heterocycles. The van der Waals surface area contributed by atoms with Crippen LogP contribution in [0, 0.1) is 0 Å². The quantitative estimate of drug-likeness (QED) is 0.829. The van der Waals surface area contributed by atoms with Crippen LogP contribution >= 0.6 is 11.3 Å². The molecule has 2 rings (SSSR count). The zero-order valence-electron chi connectivity index (χ0n) is 10.1. The fraction of sp³-hybridized carbons (Fsp3) is 0.417. The zero-order valence-corrected chi connectivity index (χ0v) is 11.0. The third-order valence-electron chi connectivity index (χ3n) is 2.62. The monoisotopic (exact) mass is 251 g/mol. The Kier molecular flexibility index (Phi) is 3.81. The van der Waals surface area contributed by atoms with Crippen molar-refractivity contribution in [3.8, 4) is 0 Å². The van der Waals surface area contributed by atoms with Gasteiger partial charge < -0.3 is 15.4 Å². The Labute approximate surface area is 105 Å². The number of methoxy groups -OCH3 is 1. The van der Waals surface area contributed by atoms with Crippen LogP contribution in [0.3, 0.4) is 0 Å². The smallest absolute Gasteiger partial charge is 0.186 e. The Morgan fingerprint density at radius 2 is 2.29 bits per heavy atom. The molecule has 0 unspecified atom stereocenters. The van der Waals surface area contributed by atoms with Crippen LogP contribution in [0.25, 0.3) is 10.2 Å². The molecular formula is C12H17N3OS. The number of hydrogen-bond acceptors (Lipinski definition) is 5. The topological polar surface area (TPSA) is 51.4 Å². The van der Waals surface area contributed by atoms with E-state index in [-0.39, 0.29) is 0 Å². The highest BCUT2D eigenvalue weighted by Crippen LogP contribution is 2.29. The molecule has 0 bridgehead atoms. The molecule has 0 radical (unpaired) electrons. The maximum absolute atomic E-state index is 5.77. The van der Waals surface area contributed by atoms with E-state index in [1.807, 2.05) is 18.2 Å². The highest BCUT2D eigenvalue weighted by molar-refractivity contribution is 7.22. The summed E-state index contributed by atoms with van der Waals surface area (Å²) in [4.78, 5) is 6.82. The van der Waals surface area contributed by atoms with Gasteiger partial charge in [-0.2, -0.15) is 0 Å². The maximum Gasteiger partial charge on any atom is 0.186 e. The number of hydrogen-bond donors (Lipinski definition) is 1. The Hall–Kier alpha value is -1.33. The summed E-state index contributed by atoms with van der Waals surface area (Å²) in [6.45, 7) is 4.63. The fourth-order valence-electron chi connectivity index (χ4n) is 1.65. The summed E-state index contributed by atoms with van der Waals surface area (Å²) in [5.74, 6) is 0. The molecular weight excluding hydrogens is 234 g/mol. The Morgan fingerprint density at radius 3 is 3.00 bits per heavy atom. The third-order valence-corrected chi connectivity index (χ3v) is 3.70. The molecule has 1 aromatic carbocycles. The second-order valence-corrected chi connectivity index (χ2v) is 4.81. The predicted octanol–water partition coefficient (Wildman–Crippen LogP) is 2.35. The number of thiazole rings is 1. The molecule has 0 aliphatic rings. The molecule has 2 N–H and O–H groups in total. The third kappa shape index (κ3) is 2.68. The molecule has 0 atom stereocenters. The Bertz CT molecular complexity index is 497. The molecule has 0 aliphatic carbocycles. The largest absolute Gasteiger partial charge is 0.399 e. The number of benzene rings is 1. The van der Waals surface area contributed by atoms with Crippen LogP contribution < -0.4 is 10.6 Å². The predicted molar refractivity (Wildman–Crippen MR) is 73.8 cm³/mol. The van der Waals surface area contributed by atoms with Crippen molar-refractivity contribution in [1.82, 2.24) is 4.98 Å². The summed E-state index contributed by atoms with van der Waals surface area (Å²) in [6, 6.07) is 5.83. The number of nitrogen functional groups attached to an aromatic ring is 1. The number of fused-ring (bicyclic) bond motifs is 1. The van der Waals surface area contributed by atoms with E-state index >= 15 is 0 Å². The molecule has 0 saturated heterocycles. The highest BCUT2D eigenvalue weighted by Gasteiger charge is 2.10. The molecule has 0 saturated carbocycles. The maximum atomic E-state index is 5.77. The summed E-state index contributed by atoms with van der Waals surface area (Å²) in [5, 5.41) is 1.03. The van der Waals surface area contributed by atoms with Gasteiger partial charge in [-0.1, -0.05) is 11.3 Å². The van der Waals surface area contributed by atoms with Crippen LogP contribution in [-0.2, 0) is 4.74 Å². The normalized spacial score (nSPS) is 10.9. The first-order valence-electron chi connectivity index (χ1n) is 5.64. The van der Waals surface area contributed by atoms with Crippen molar-refractivity contribution in [3.05, 3.63) is 18.2 Å². The number of aromatic nitrogens is 1. The number of rotatable bonds is 5. The van der Waals surface area contributed by atoms with Crippen molar-refractivity contribution in [2.24, 2.45) is 0 Å². The van der Waals surface area contributed by atoms with Crippen molar-refractivity contribution in [2.75, 3.05) is 37.4 Å². The number of nitrogens with two attached hydrogens (primary N) is 1. The standard InChI is InChI=1S/C12H17N3OS/c1-3-15(6-7-16-2)12-14-10-5-4-9(13)8-11(10)17-12/h4-5,8H,3,6-7,13H2,1-2H3. The lowest BCUT2D eigenvalue weighted by molar-refractivity contribution is 0.205. The van der Waals surface area contributed by atoms with Gasteiger partial charge in [-0.3, -0.25) is 0 Å². The van der Waals surface area contributed by atoms with E-state index < -0.39 is 0 Å². The average Bonchev–Trinajstić information content (AvgIpc) is 2.72. The fourth-order valence-corrected chi connectivity index (χ4v) is 2.76. The first-order valence-corrected chi connectivity index (χ1v) is 6.46. The Balaban J connectivity index is 2.27. The van der Waals surface area contributed by atoms with Crippen LogP contribution in [-0.4, -0.2) is 31.8 Å². The number of ether oxygens (including phenoxy) is 1. The first kappa shape index (κ1) is 12.1. The van der Waals surface area contributed by atoms with Crippen LogP contribution in [0.5, 0.6) is 0 Å². The number of nitrogens with zero attached hydrogens (tertiary/aromatic N) is 2. The van der Waals surface area contributed by atoms with Gasteiger partial charge >= 0.3 is 0 Å². The molecule has 0 spiro atoms. The summed E-state index contributed by atoms with van der Waals surface area (Å²) < 4.78 is 6.24. The van der Waals surface area contributed by atoms with Gasteiger partial charge in [0.1, 0.15) is 0 Å². The molecule has 1 heterocycles. The summed E-state index contributed by atoms with van der Waals surface area (Å²) in [5.41, 5.74) is 7.56. The summed E-state index contributed by atoms with van der Waals surface area (Å²) in [7, 11) is 1.72. The van der Waals surface area contributed by atoms with Crippen molar-refractivity contribution in [3.63, 3.8) is 0 Å². The van der Waals surface area contributed by atoms with E-state index in [1.165, 1.54) is 0 Å². The van der Waals surface area contributed by atoms with E-state index in [9.17, 15) is 0 Å². The molecule has 5 heteroatoms. The van der Waals surface area contributed by atoms with Gasteiger partial charge in [0.25, 0.3) is 0 Å². The average molecular weight is 251 g/mol. The van der Waals surface area contributed by atoms with Gasteiger partial charge in [-0.25, -0.2) is 4.98 Å². The minimum Gasteiger partial charge on any atom is -0.399 e. The van der Waals surface area contributed by atoms with Crippen molar-refractivity contribution in [1.29, 1.82) is 0 Å². The van der Waals surface area contributed by atoms with Crippen molar-refractivity contribution in [2.45, 2.75) is 6.92 Å². The van der Waals surface area contributed by atoms with Gasteiger partial charge in [0, 0.05) is 25.9 Å². The van der Waals surface area contributed by atoms with E-state index in [2.05, 4.69) is 16.8 Å². The first-order chi connectivity index (χ1) is 8.24. The zero-order chi connectivity index (χ0) is 12.3. The summed E-state index contributed by atoms with van der Waals surface area (Å²) in [6.07, 6.45) is 0. The Morgan fingerprint density at radius 1 is 1.47 bits per heavy atom. The molecule has 92 valence electrons. The summed E-state index contributed by atoms with van der Waals surface area (Å²) >= 11 is 1.67. The van der Waals surface area contributed by atoms with E-state index in [1.54, 1.807) is 18.4 Å². The van der Waals surface area contributed by atoms with Crippen molar-refractivity contribution >= 4 is 32.4 Å². The van der Waals surface area contributed by atoms with Gasteiger partial charge in [-0.05, 0) is 25.1 Å². The minimum absolute atomic E-state index is 0.714. The molecule has 2 aromatic rings. The molecule has 17 heavy (non-hydrogen) atoms. The van der Waals surface area contributed by atoms with E-state index in [0.717, 1.165) is 34.1 Å². The van der Waals surface area contributed by atoms with Crippen LogP contribution in [0.15, 0.2) is 18.2 Å². The second kappa shape index (κ2) is 5.33. The highest BCUT2D eigenvalue weighted by atomic mass is 32.1. The lowest BCUT2D eigenvalue weighted by Crippen LogP contribution is -2.26. The van der Waals surface area contributed by atoms with E-state index in [4.69, 9.17) is 10.5 Å². The van der Waals surface area contributed by atoms with Gasteiger partial charge in [0.15, 0.2) is 5.13 Å². The lowest BCUT2D eigenvalue weighted by atomic mass is 10.3. The molecule has 4 nitrogen and oxygen atoms in total. The number of likely N-dealkylation sites (N-methyl/N-ethyl adjacent to an activating group) is 1. The molecule has 0 amide bonds. The number of anilines is 2.